The fraction of sp³-hybridized carbons (Fsp3) is 0.143. The SMILES string of the molecule is Cc1ccccc1CS(=O)Cc1ccccc1Oc1ccccc1. The van der Waals surface area contributed by atoms with Crippen LogP contribution in [-0.4, -0.2) is 4.21 Å². The lowest BCUT2D eigenvalue weighted by Crippen LogP contribution is -2.02. The minimum atomic E-state index is -0.981. The highest BCUT2D eigenvalue weighted by molar-refractivity contribution is 7.83. The second-order valence-electron chi connectivity index (χ2n) is 5.68. The Hall–Kier alpha value is -2.39. The maximum atomic E-state index is 12.6. The molecule has 0 aromatic heterocycles. The van der Waals surface area contributed by atoms with Gasteiger partial charge in [0.05, 0.1) is 5.75 Å². The summed E-state index contributed by atoms with van der Waals surface area (Å²) in [5.74, 6) is 2.60. The van der Waals surface area contributed by atoms with E-state index < -0.39 is 10.8 Å². The van der Waals surface area contributed by atoms with Gasteiger partial charge in [0.2, 0.25) is 0 Å². The molecule has 3 rings (SSSR count). The highest BCUT2D eigenvalue weighted by Crippen LogP contribution is 2.26. The molecule has 0 heterocycles. The molecule has 0 fully saturated rings. The smallest absolute Gasteiger partial charge is 0.131 e. The van der Waals surface area contributed by atoms with Crippen molar-refractivity contribution in [1.29, 1.82) is 0 Å². The van der Waals surface area contributed by atoms with Crippen LogP contribution in [0.2, 0.25) is 0 Å². The average Bonchev–Trinajstić information content (AvgIpc) is 2.60. The predicted molar refractivity (Wildman–Crippen MR) is 99.7 cm³/mol. The normalized spacial score (nSPS) is 11.9. The van der Waals surface area contributed by atoms with Gasteiger partial charge in [0, 0.05) is 22.1 Å². The van der Waals surface area contributed by atoms with E-state index in [-0.39, 0.29) is 0 Å². The Labute approximate surface area is 145 Å². The van der Waals surface area contributed by atoms with Gasteiger partial charge >= 0.3 is 0 Å². The Morgan fingerprint density at radius 1 is 0.750 bits per heavy atom. The Bertz CT molecular complexity index is 828. The van der Waals surface area contributed by atoms with E-state index in [0.29, 0.717) is 11.5 Å². The first kappa shape index (κ1) is 16.5. The van der Waals surface area contributed by atoms with Crippen molar-refractivity contribution in [1.82, 2.24) is 0 Å². The van der Waals surface area contributed by atoms with Crippen LogP contribution >= 0.6 is 0 Å². The summed E-state index contributed by atoms with van der Waals surface area (Å²) in [7, 11) is -0.981. The summed E-state index contributed by atoms with van der Waals surface area (Å²) in [5, 5.41) is 0. The van der Waals surface area contributed by atoms with Crippen molar-refractivity contribution in [2.45, 2.75) is 18.4 Å². The summed E-state index contributed by atoms with van der Waals surface area (Å²) in [5.41, 5.74) is 3.28. The van der Waals surface area contributed by atoms with Crippen LogP contribution < -0.4 is 4.74 Å². The first-order valence-electron chi connectivity index (χ1n) is 7.92. The Balaban J connectivity index is 1.73. The van der Waals surface area contributed by atoms with Gasteiger partial charge in [-0.3, -0.25) is 4.21 Å². The van der Waals surface area contributed by atoms with Crippen LogP contribution in [-0.2, 0) is 22.3 Å². The van der Waals surface area contributed by atoms with Crippen molar-refractivity contribution in [2.24, 2.45) is 0 Å². The van der Waals surface area contributed by atoms with Crippen molar-refractivity contribution in [2.75, 3.05) is 0 Å². The second kappa shape index (κ2) is 7.93. The standard InChI is InChI=1S/C21H20O2S/c1-17-9-5-6-10-18(17)15-24(22)16-19-11-7-8-14-21(19)23-20-12-3-2-4-13-20/h2-14H,15-16H2,1H3. The van der Waals surface area contributed by atoms with E-state index in [2.05, 4.69) is 13.0 Å². The molecule has 0 aliphatic carbocycles. The largest absolute Gasteiger partial charge is 0.457 e. The van der Waals surface area contributed by atoms with Gasteiger partial charge < -0.3 is 4.74 Å². The number of aryl methyl sites for hydroxylation is 1. The van der Waals surface area contributed by atoms with E-state index in [1.807, 2.05) is 72.8 Å². The van der Waals surface area contributed by atoms with Gasteiger partial charge in [-0.25, -0.2) is 0 Å². The molecule has 0 aliphatic heterocycles. The number of hydrogen-bond donors (Lipinski definition) is 0. The highest BCUT2D eigenvalue weighted by atomic mass is 32.2. The number of para-hydroxylation sites is 2. The van der Waals surface area contributed by atoms with E-state index in [4.69, 9.17) is 4.74 Å². The molecule has 3 heteroatoms. The first-order valence-corrected chi connectivity index (χ1v) is 9.41. The van der Waals surface area contributed by atoms with Crippen LogP contribution in [0.15, 0.2) is 78.9 Å². The monoisotopic (exact) mass is 336 g/mol. The summed E-state index contributed by atoms with van der Waals surface area (Å²) < 4.78 is 18.5. The fourth-order valence-corrected chi connectivity index (χ4v) is 3.87. The minimum Gasteiger partial charge on any atom is -0.457 e. The molecule has 24 heavy (non-hydrogen) atoms. The zero-order valence-corrected chi connectivity index (χ0v) is 14.5. The van der Waals surface area contributed by atoms with Gasteiger partial charge in [-0.15, -0.1) is 0 Å². The van der Waals surface area contributed by atoms with E-state index in [9.17, 15) is 4.21 Å². The molecule has 0 radical (unpaired) electrons. The van der Waals surface area contributed by atoms with Gasteiger partial charge in [0.1, 0.15) is 11.5 Å². The van der Waals surface area contributed by atoms with Crippen molar-refractivity contribution in [3.8, 4) is 11.5 Å². The van der Waals surface area contributed by atoms with Crippen LogP contribution in [0.3, 0.4) is 0 Å². The van der Waals surface area contributed by atoms with Crippen LogP contribution in [0.5, 0.6) is 11.5 Å². The van der Waals surface area contributed by atoms with Gasteiger partial charge in [-0.05, 0) is 36.2 Å². The number of ether oxygens (including phenoxy) is 1. The van der Waals surface area contributed by atoms with Crippen molar-refractivity contribution in [3.05, 3.63) is 95.6 Å². The zero-order valence-electron chi connectivity index (χ0n) is 13.6. The quantitative estimate of drug-likeness (QED) is 0.615. The molecule has 1 atom stereocenters. The van der Waals surface area contributed by atoms with E-state index >= 15 is 0 Å². The summed E-state index contributed by atoms with van der Waals surface area (Å²) in [6.07, 6.45) is 0. The molecule has 0 spiro atoms. The minimum absolute atomic E-state index is 0.483. The molecule has 122 valence electrons. The summed E-state index contributed by atoms with van der Waals surface area (Å²) >= 11 is 0. The summed E-state index contributed by atoms with van der Waals surface area (Å²) in [6, 6.07) is 25.6. The Kier molecular flexibility index (Phi) is 5.44. The molecule has 0 bridgehead atoms. The number of rotatable bonds is 6. The van der Waals surface area contributed by atoms with Crippen LogP contribution in [0.1, 0.15) is 16.7 Å². The molecule has 3 aromatic rings. The van der Waals surface area contributed by atoms with Gasteiger partial charge in [-0.1, -0.05) is 60.7 Å². The molecule has 1 unspecified atom stereocenters. The van der Waals surface area contributed by atoms with E-state index in [0.717, 1.165) is 22.6 Å². The van der Waals surface area contributed by atoms with Gasteiger partial charge in [0.15, 0.2) is 0 Å². The van der Waals surface area contributed by atoms with Crippen LogP contribution in [0.25, 0.3) is 0 Å². The lowest BCUT2D eigenvalue weighted by Gasteiger charge is -2.11. The lowest BCUT2D eigenvalue weighted by atomic mass is 10.1. The van der Waals surface area contributed by atoms with Crippen molar-refractivity contribution in [3.63, 3.8) is 0 Å². The number of hydrogen-bond acceptors (Lipinski definition) is 2. The first-order chi connectivity index (χ1) is 11.7. The number of benzene rings is 3. The summed E-state index contributed by atoms with van der Waals surface area (Å²) in [4.78, 5) is 0. The molecule has 0 saturated heterocycles. The molecule has 0 saturated carbocycles. The van der Waals surface area contributed by atoms with Crippen LogP contribution in [0, 0.1) is 6.92 Å². The molecule has 0 amide bonds. The maximum absolute atomic E-state index is 12.6. The third-order valence-electron chi connectivity index (χ3n) is 3.84. The third kappa shape index (κ3) is 4.33. The topological polar surface area (TPSA) is 26.3 Å². The summed E-state index contributed by atoms with van der Waals surface area (Å²) in [6.45, 7) is 2.05. The van der Waals surface area contributed by atoms with E-state index in [1.165, 1.54) is 5.56 Å². The van der Waals surface area contributed by atoms with Crippen molar-refractivity contribution < 1.29 is 8.95 Å². The van der Waals surface area contributed by atoms with E-state index in [1.54, 1.807) is 0 Å². The fourth-order valence-electron chi connectivity index (χ4n) is 2.51. The molecular formula is C21H20O2S. The van der Waals surface area contributed by atoms with Crippen LogP contribution in [0.4, 0.5) is 0 Å². The zero-order chi connectivity index (χ0) is 16.8. The van der Waals surface area contributed by atoms with Gasteiger partial charge in [-0.2, -0.15) is 0 Å². The molecule has 0 aliphatic rings. The second-order valence-corrected chi connectivity index (χ2v) is 7.13. The molecule has 3 aromatic carbocycles. The molecular weight excluding hydrogens is 316 g/mol. The molecule has 2 nitrogen and oxygen atoms in total. The van der Waals surface area contributed by atoms with Crippen molar-refractivity contribution >= 4 is 10.8 Å². The Morgan fingerprint density at radius 3 is 2.08 bits per heavy atom. The maximum Gasteiger partial charge on any atom is 0.131 e. The average molecular weight is 336 g/mol. The van der Waals surface area contributed by atoms with Gasteiger partial charge in [0.25, 0.3) is 0 Å². The highest BCUT2D eigenvalue weighted by Gasteiger charge is 2.10. The molecule has 0 N–H and O–H groups in total. The third-order valence-corrected chi connectivity index (χ3v) is 5.10. The Morgan fingerprint density at radius 2 is 1.33 bits per heavy atom. The lowest BCUT2D eigenvalue weighted by molar-refractivity contribution is 0.478. The predicted octanol–water partition coefficient (Wildman–Crippen LogP) is 5.24.